The normalized spacial score (nSPS) is 25.4. The standard InChI is InChI=1S/C34H26Cl2N2O7/c1-44-21-4-2-3-18(13-21)34(43)45-20-8-5-17(6-9-20)28(39)16-37(31(40)24-10-7-19(35)14-27(24)36)38-32(41)29-22-11-12-23(26-15-25(22)26)30(29)33(38)42/h2-14,22-23,25-26,29-30H,15-16H2,1H3/t22-,23-,25-,26-,29+,30+/m0/s1. The summed E-state index contributed by atoms with van der Waals surface area (Å²) in [5.41, 5.74) is 0.453. The van der Waals surface area contributed by atoms with Crippen molar-refractivity contribution in [3.8, 4) is 11.5 Å². The summed E-state index contributed by atoms with van der Waals surface area (Å²) in [4.78, 5) is 68.0. The van der Waals surface area contributed by atoms with Gasteiger partial charge in [0.1, 0.15) is 18.0 Å². The van der Waals surface area contributed by atoms with Crippen molar-refractivity contribution in [1.29, 1.82) is 0 Å². The minimum atomic E-state index is -0.778. The second-order valence-corrected chi connectivity index (χ2v) is 12.5. The van der Waals surface area contributed by atoms with Gasteiger partial charge in [0.2, 0.25) is 0 Å². The monoisotopic (exact) mass is 644 g/mol. The fourth-order valence-corrected chi connectivity index (χ4v) is 7.56. The Bertz CT molecular complexity index is 1770. The molecule has 11 heteroatoms. The molecule has 1 saturated heterocycles. The highest BCUT2D eigenvalue weighted by molar-refractivity contribution is 6.36. The van der Waals surface area contributed by atoms with Crippen LogP contribution in [0, 0.1) is 35.5 Å². The minimum absolute atomic E-state index is 0.00640. The van der Waals surface area contributed by atoms with Gasteiger partial charge in [-0.05, 0) is 90.8 Å². The summed E-state index contributed by atoms with van der Waals surface area (Å²) >= 11 is 12.4. The molecule has 5 aliphatic rings. The van der Waals surface area contributed by atoms with Crippen LogP contribution in [-0.4, -0.2) is 53.1 Å². The van der Waals surface area contributed by atoms with Crippen molar-refractivity contribution in [2.75, 3.05) is 13.7 Å². The topological polar surface area (TPSA) is 110 Å². The van der Waals surface area contributed by atoms with Gasteiger partial charge < -0.3 is 9.47 Å². The summed E-state index contributed by atoms with van der Waals surface area (Å²) in [5, 5.41) is 2.09. The number of ether oxygens (including phenoxy) is 2. The molecule has 3 amide bonds. The molecule has 0 N–H and O–H groups in total. The smallest absolute Gasteiger partial charge is 0.343 e. The van der Waals surface area contributed by atoms with Gasteiger partial charge in [-0.1, -0.05) is 41.4 Å². The molecule has 0 spiro atoms. The van der Waals surface area contributed by atoms with Crippen LogP contribution in [-0.2, 0) is 9.59 Å². The number of ketones is 1. The summed E-state index contributed by atoms with van der Waals surface area (Å²) in [6.45, 7) is -0.604. The molecule has 0 unspecified atom stereocenters. The Labute approximate surface area is 268 Å². The lowest BCUT2D eigenvalue weighted by atomic mass is 9.63. The third-order valence-electron chi connectivity index (χ3n) is 9.26. The first kappa shape index (κ1) is 29.3. The van der Waals surface area contributed by atoms with Crippen molar-refractivity contribution < 1.29 is 33.4 Å². The van der Waals surface area contributed by atoms with Crippen LogP contribution in [0.4, 0.5) is 0 Å². The molecule has 1 heterocycles. The van der Waals surface area contributed by atoms with Crippen LogP contribution in [0.1, 0.15) is 37.5 Å². The van der Waals surface area contributed by atoms with E-state index in [0.717, 1.165) is 16.4 Å². The van der Waals surface area contributed by atoms with E-state index >= 15 is 0 Å². The van der Waals surface area contributed by atoms with Crippen LogP contribution in [0.5, 0.6) is 11.5 Å². The van der Waals surface area contributed by atoms with E-state index in [-0.39, 0.29) is 39.3 Å². The lowest BCUT2D eigenvalue weighted by Gasteiger charge is -2.37. The molecule has 1 aliphatic heterocycles. The lowest BCUT2D eigenvalue weighted by Crippen LogP contribution is -2.52. The number of nitrogens with zero attached hydrogens (tertiary/aromatic N) is 2. The van der Waals surface area contributed by atoms with Crippen LogP contribution in [0.15, 0.2) is 78.9 Å². The molecule has 2 saturated carbocycles. The number of benzene rings is 3. The van der Waals surface area contributed by atoms with Crippen LogP contribution >= 0.6 is 23.2 Å². The molecule has 0 aromatic heterocycles. The molecule has 4 aliphatic carbocycles. The zero-order chi connectivity index (χ0) is 31.6. The van der Waals surface area contributed by atoms with Gasteiger partial charge in [-0.25, -0.2) is 9.80 Å². The molecule has 45 heavy (non-hydrogen) atoms. The van der Waals surface area contributed by atoms with E-state index < -0.39 is 47.9 Å². The average molecular weight is 645 g/mol. The molecule has 3 fully saturated rings. The zero-order valence-corrected chi connectivity index (χ0v) is 25.4. The Morgan fingerprint density at radius 2 is 1.51 bits per heavy atom. The highest BCUT2D eigenvalue weighted by Gasteiger charge is 2.68. The number of hydrogen-bond acceptors (Lipinski definition) is 7. The summed E-state index contributed by atoms with van der Waals surface area (Å²) in [6, 6.07) is 16.5. The van der Waals surface area contributed by atoms with E-state index in [4.69, 9.17) is 32.7 Å². The predicted octanol–water partition coefficient (Wildman–Crippen LogP) is 5.51. The van der Waals surface area contributed by atoms with Gasteiger partial charge in [0.25, 0.3) is 17.7 Å². The van der Waals surface area contributed by atoms with E-state index in [2.05, 4.69) is 0 Å². The third kappa shape index (κ3) is 5.00. The van der Waals surface area contributed by atoms with E-state index in [0.29, 0.717) is 22.6 Å². The highest BCUT2D eigenvalue weighted by Crippen LogP contribution is 2.65. The van der Waals surface area contributed by atoms with Gasteiger partial charge in [0.15, 0.2) is 5.78 Å². The van der Waals surface area contributed by atoms with Gasteiger partial charge in [0, 0.05) is 10.6 Å². The van der Waals surface area contributed by atoms with E-state index in [9.17, 15) is 24.0 Å². The third-order valence-corrected chi connectivity index (χ3v) is 9.81. The maximum atomic E-state index is 14.0. The largest absolute Gasteiger partial charge is 0.497 e. The molecule has 3 aromatic carbocycles. The Kier molecular flexibility index (Phi) is 7.25. The first-order valence-electron chi connectivity index (χ1n) is 14.5. The minimum Gasteiger partial charge on any atom is -0.497 e. The zero-order valence-electron chi connectivity index (χ0n) is 23.9. The van der Waals surface area contributed by atoms with Gasteiger partial charge in [0.05, 0.1) is 35.1 Å². The fourth-order valence-electron chi connectivity index (χ4n) is 7.07. The lowest BCUT2D eigenvalue weighted by molar-refractivity contribution is -0.154. The number of amides is 3. The number of methoxy groups -OCH3 is 1. The van der Waals surface area contributed by atoms with Crippen molar-refractivity contribution in [2.45, 2.75) is 6.42 Å². The van der Waals surface area contributed by atoms with Crippen LogP contribution in [0.25, 0.3) is 0 Å². The molecular weight excluding hydrogens is 619 g/mol. The van der Waals surface area contributed by atoms with Crippen molar-refractivity contribution in [3.63, 3.8) is 0 Å². The number of imide groups is 1. The molecule has 2 bridgehead atoms. The number of hydrogen-bond donors (Lipinski definition) is 0. The van der Waals surface area contributed by atoms with Crippen molar-refractivity contribution in [2.24, 2.45) is 35.5 Å². The number of carbonyl (C=O) groups is 5. The number of rotatable bonds is 8. The number of esters is 1. The number of Topliss-reactive ketones (excluding diaryl/α,β-unsaturated/α-hetero) is 1. The van der Waals surface area contributed by atoms with Crippen LogP contribution in [0.2, 0.25) is 10.0 Å². The molecule has 228 valence electrons. The second kappa shape index (κ2) is 11.2. The Morgan fingerprint density at radius 3 is 2.13 bits per heavy atom. The van der Waals surface area contributed by atoms with Gasteiger partial charge in [-0.15, -0.1) is 0 Å². The first-order chi connectivity index (χ1) is 21.7. The van der Waals surface area contributed by atoms with Gasteiger partial charge >= 0.3 is 5.97 Å². The maximum absolute atomic E-state index is 14.0. The first-order valence-corrected chi connectivity index (χ1v) is 15.2. The summed E-state index contributed by atoms with van der Waals surface area (Å²) in [5.74, 6) is -2.75. The number of allylic oxidation sites excluding steroid dienone is 2. The van der Waals surface area contributed by atoms with E-state index in [1.807, 2.05) is 12.2 Å². The van der Waals surface area contributed by atoms with Gasteiger partial charge in [-0.2, -0.15) is 5.01 Å². The quantitative estimate of drug-likeness (QED) is 0.104. The van der Waals surface area contributed by atoms with E-state index in [1.54, 1.807) is 24.3 Å². The predicted molar refractivity (Wildman–Crippen MR) is 163 cm³/mol. The summed E-state index contributed by atoms with van der Waals surface area (Å²) in [6.07, 6.45) is 5.05. The number of hydrazine groups is 1. The van der Waals surface area contributed by atoms with Gasteiger partial charge in [-0.3, -0.25) is 19.2 Å². The SMILES string of the molecule is COc1cccc(C(=O)Oc2ccc(C(=O)CN(C(=O)c3ccc(Cl)cc3Cl)N3C(=O)[C@@H]4[C@H]5C=C[C@@H]([C@@H]6C[C@@H]56)[C@H]4C3=O)cc2)c1. The Balaban J connectivity index is 1.14. The molecular formula is C34H26Cl2N2O7. The highest BCUT2D eigenvalue weighted by atomic mass is 35.5. The second-order valence-electron chi connectivity index (χ2n) is 11.7. The fraction of sp³-hybridized carbons (Fsp3) is 0.265. The number of carbonyl (C=O) groups excluding carboxylic acids is 5. The molecule has 0 radical (unpaired) electrons. The van der Waals surface area contributed by atoms with Crippen LogP contribution < -0.4 is 9.47 Å². The maximum Gasteiger partial charge on any atom is 0.343 e. The van der Waals surface area contributed by atoms with Crippen molar-refractivity contribution in [1.82, 2.24) is 10.0 Å². The average Bonchev–Trinajstić information content (AvgIpc) is 3.82. The summed E-state index contributed by atoms with van der Waals surface area (Å²) < 4.78 is 10.6. The van der Waals surface area contributed by atoms with Crippen molar-refractivity contribution in [3.05, 3.63) is 106 Å². The molecule has 3 aromatic rings. The molecule has 8 rings (SSSR count). The van der Waals surface area contributed by atoms with Crippen LogP contribution in [0.3, 0.4) is 0 Å². The summed E-state index contributed by atoms with van der Waals surface area (Å²) in [7, 11) is 1.49. The number of halogens is 2. The van der Waals surface area contributed by atoms with Crippen molar-refractivity contribution >= 4 is 52.7 Å². The molecule has 6 atom stereocenters. The Morgan fingerprint density at radius 1 is 0.844 bits per heavy atom. The molecule has 9 nitrogen and oxygen atoms in total. The Hall–Kier alpha value is -4.47. The van der Waals surface area contributed by atoms with E-state index in [1.165, 1.54) is 49.6 Å².